The molecule has 1 unspecified atom stereocenters. The van der Waals surface area contributed by atoms with Crippen LogP contribution in [0, 0.1) is 0 Å². The molecular formula is C20H30N2O4S. The van der Waals surface area contributed by atoms with Gasteiger partial charge in [-0.15, -0.1) is 0 Å². The highest BCUT2D eigenvalue weighted by atomic mass is 32.2. The van der Waals surface area contributed by atoms with Gasteiger partial charge in [0.1, 0.15) is 0 Å². The number of sulfonamides is 1. The lowest BCUT2D eigenvalue weighted by Crippen LogP contribution is -2.49. The first-order valence-electron chi connectivity index (χ1n) is 9.65. The second-order valence-corrected chi connectivity index (χ2v) is 9.07. The van der Waals surface area contributed by atoms with Crippen molar-refractivity contribution >= 4 is 21.7 Å². The molecule has 150 valence electrons. The molecule has 0 aliphatic carbocycles. The van der Waals surface area contributed by atoms with Crippen LogP contribution >= 0.6 is 0 Å². The molecule has 0 radical (unpaired) electrons. The topological polar surface area (TPSA) is 83.6 Å². The van der Waals surface area contributed by atoms with Crippen molar-refractivity contribution in [1.82, 2.24) is 9.62 Å². The fourth-order valence-corrected chi connectivity index (χ4v) is 4.16. The van der Waals surface area contributed by atoms with Crippen LogP contribution in [-0.4, -0.2) is 50.4 Å². The Bertz CT molecular complexity index is 744. The van der Waals surface area contributed by atoms with E-state index >= 15 is 0 Å². The van der Waals surface area contributed by atoms with E-state index in [1.165, 1.54) is 5.56 Å². The van der Waals surface area contributed by atoms with Crippen molar-refractivity contribution in [3.63, 3.8) is 0 Å². The van der Waals surface area contributed by atoms with E-state index in [1.807, 2.05) is 24.3 Å². The molecule has 27 heavy (non-hydrogen) atoms. The molecule has 0 bridgehead atoms. The van der Waals surface area contributed by atoms with Crippen molar-refractivity contribution in [1.29, 1.82) is 0 Å². The molecule has 1 aromatic carbocycles. The Morgan fingerprint density at radius 3 is 2.52 bits per heavy atom. The zero-order chi connectivity index (χ0) is 19.9. The molecule has 1 fully saturated rings. The van der Waals surface area contributed by atoms with Crippen molar-refractivity contribution < 1.29 is 18.0 Å². The normalized spacial score (nSPS) is 17.7. The average molecular weight is 395 g/mol. The maximum Gasteiger partial charge on any atom is 0.223 e. The zero-order valence-corrected chi connectivity index (χ0v) is 17.1. The molecule has 0 spiro atoms. The van der Waals surface area contributed by atoms with E-state index in [1.54, 1.807) is 4.90 Å². The minimum atomic E-state index is -3.29. The number of piperidine rings is 1. The summed E-state index contributed by atoms with van der Waals surface area (Å²) in [6, 6.07) is 7.40. The summed E-state index contributed by atoms with van der Waals surface area (Å²) < 4.78 is 25.3. The van der Waals surface area contributed by atoms with Gasteiger partial charge < -0.3 is 4.90 Å². The Morgan fingerprint density at radius 1 is 1.19 bits per heavy atom. The number of nitrogens with zero attached hydrogens (tertiary/aromatic N) is 1. The number of amides is 1. The number of Topliss-reactive ketones (excluding diaryl/α,β-unsaturated/α-hetero) is 1. The number of ketones is 1. The Kier molecular flexibility index (Phi) is 7.98. The average Bonchev–Trinajstić information content (AvgIpc) is 2.63. The summed E-state index contributed by atoms with van der Waals surface area (Å²) in [4.78, 5) is 26.4. The summed E-state index contributed by atoms with van der Waals surface area (Å²) in [6.07, 6.45) is 6.22. The van der Waals surface area contributed by atoms with Crippen LogP contribution in [0.3, 0.4) is 0 Å². The van der Waals surface area contributed by atoms with Crippen molar-refractivity contribution in [3.05, 3.63) is 35.4 Å². The van der Waals surface area contributed by atoms with Gasteiger partial charge in [-0.2, -0.15) is 0 Å². The van der Waals surface area contributed by atoms with E-state index in [-0.39, 0.29) is 30.6 Å². The number of nitrogens with one attached hydrogen (secondary N) is 1. The molecular weight excluding hydrogens is 364 g/mol. The van der Waals surface area contributed by atoms with Crippen molar-refractivity contribution in [2.75, 3.05) is 19.3 Å². The van der Waals surface area contributed by atoms with Crippen LogP contribution in [0.4, 0.5) is 0 Å². The van der Waals surface area contributed by atoms with Crippen LogP contribution < -0.4 is 4.72 Å². The van der Waals surface area contributed by atoms with Gasteiger partial charge in [-0.05, 0) is 31.2 Å². The van der Waals surface area contributed by atoms with Crippen LogP contribution in [0.1, 0.15) is 61.4 Å². The van der Waals surface area contributed by atoms with Gasteiger partial charge in [-0.1, -0.05) is 37.6 Å². The molecule has 0 aromatic heterocycles. The van der Waals surface area contributed by atoms with Crippen LogP contribution in [0.2, 0.25) is 0 Å². The monoisotopic (exact) mass is 394 g/mol. The Hall–Kier alpha value is -1.73. The number of carbonyl (C=O) groups excluding carboxylic acids is 2. The van der Waals surface area contributed by atoms with Crippen molar-refractivity contribution in [2.45, 2.75) is 57.9 Å². The fourth-order valence-electron chi connectivity index (χ4n) is 3.36. The number of unbranched alkanes of at least 4 members (excludes halogenated alkanes) is 1. The molecule has 1 aliphatic rings. The summed E-state index contributed by atoms with van der Waals surface area (Å²) >= 11 is 0. The minimum absolute atomic E-state index is 0.0341. The molecule has 1 saturated heterocycles. The number of likely N-dealkylation sites (tertiary alicyclic amines) is 1. The summed E-state index contributed by atoms with van der Waals surface area (Å²) in [5.41, 5.74) is 1.86. The molecule has 7 heteroatoms. The smallest absolute Gasteiger partial charge is 0.223 e. The maximum atomic E-state index is 12.4. The van der Waals surface area contributed by atoms with Crippen LogP contribution in [0.25, 0.3) is 0 Å². The van der Waals surface area contributed by atoms with Crippen LogP contribution in [-0.2, 0) is 21.2 Å². The van der Waals surface area contributed by atoms with Gasteiger partial charge in [0.25, 0.3) is 0 Å². The molecule has 1 aromatic rings. The molecule has 1 amide bonds. The van der Waals surface area contributed by atoms with Gasteiger partial charge >= 0.3 is 0 Å². The standard InChI is InChI=1S/C20H30N2O4S/c1-3-4-6-16-8-10-17(11-9-16)19(23)12-13-20(24)22-14-5-7-18(15-22)21-27(2,25)26/h8-11,18,21H,3-7,12-15H2,1-2H3. The van der Waals surface area contributed by atoms with E-state index in [4.69, 9.17) is 0 Å². The Labute approximate surface area is 162 Å². The molecule has 1 N–H and O–H groups in total. The second kappa shape index (κ2) is 9.99. The highest BCUT2D eigenvalue weighted by molar-refractivity contribution is 7.88. The number of aryl methyl sites for hydroxylation is 1. The van der Waals surface area contributed by atoms with Crippen molar-refractivity contribution in [2.24, 2.45) is 0 Å². The quantitative estimate of drug-likeness (QED) is 0.653. The fraction of sp³-hybridized carbons (Fsp3) is 0.600. The molecule has 0 saturated carbocycles. The number of benzene rings is 1. The van der Waals surface area contributed by atoms with E-state index in [9.17, 15) is 18.0 Å². The van der Waals surface area contributed by atoms with E-state index in [0.29, 0.717) is 18.7 Å². The lowest BCUT2D eigenvalue weighted by molar-refractivity contribution is -0.132. The van der Waals surface area contributed by atoms with E-state index < -0.39 is 10.0 Å². The zero-order valence-electron chi connectivity index (χ0n) is 16.2. The molecule has 2 rings (SSSR count). The van der Waals surface area contributed by atoms with E-state index in [0.717, 1.165) is 38.4 Å². The van der Waals surface area contributed by atoms with Gasteiger partial charge in [0, 0.05) is 37.5 Å². The van der Waals surface area contributed by atoms with Gasteiger partial charge in [-0.3, -0.25) is 9.59 Å². The number of hydrogen-bond acceptors (Lipinski definition) is 4. The minimum Gasteiger partial charge on any atom is -0.341 e. The number of rotatable bonds is 9. The summed E-state index contributed by atoms with van der Waals surface area (Å²) in [6.45, 7) is 3.13. The molecule has 1 atom stereocenters. The SMILES string of the molecule is CCCCc1ccc(C(=O)CCC(=O)N2CCCC(NS(C)(=O)=O)C2)cc1. The third-order valence-electron chi connectivity index (χ3n) is 4.82. The first-order chi connectivity index (χ1) is 12.8. The Morgan fingerprint density at radius 2 is 1.89 bits per heavy atom. The van der Waals surface area contributed by atoms with Crippen molar-refractivity contribution in [3.8, 4) is 0 Å². The van der Waals surface area contributed by atoms with Gasteiger partial charge in [0.2, 0.25) is 15.9 Å². The number of carbonyl (C=O) groups is 2. The van der Waals surface area contributed by atoms with Gasteiger partial charge in [-0.25, -0.2) is 13.1 Å². The largest absolute Gasteiger partial charge is 0.341 e. The molecule has 1 aliphatic heterocycles. The predicted molar refractivity (Wildman–Crippen MR) is 106 cm³/mol. The molecule has 6 nitrogen and oxygen atoms in total. The first-order valence-corrected chi connectivity index (χ1v) is 11.5. The molecule has 1 heterocycles. The summed E-state index contributed by atoms with van der Waals surface area (Å²) in [7, 11) is -3.29. The first kappa shape index (κ1) is 21.6. The van der Waals surface area contributed by atoms with Crippen LogP contribution in [0.15, 0.2) is 24.3 Å². The second-order valence-electron chi connectivity index (χ2n) is 7.29. The summed E-state index contributed by atoms with van der Waals surface area (Å²) in [5.74, 6) is -0.129. The van der Waals surface area contributed by atoms with E-state index in [2.05, 4.69) is 11.6 Å². The summed E-state index contributed by atoms with van der Waals surface area (Å²) in [5, 5.41) is 0. The highest BCUT2D eigenvalue weighted by Gasteiger charge is 2.25. The predicted octanol–water partition coefficient (Wildman–Crippen LogP) is 2.53. The maximum absolute atomic E-state index is 12.4. The van der Waals surface area contributed by atoms with Crippen LogP contribution in [0.5, 0.6) is 0 Å². The highest BCUT2D eigenvalue weighted by Crippen LogP contribution is 2.15. The third kappa shape index (κ3) is 7.42. The lowest BCUT2D eigenvalue weighted by atomic mass is 10.0. The number of hydrogen-bond donors (Lipinski definition) is 1. The van der Waals surface area contributed by atoms with Gasteiger partial charge in [0.15, 0.2) is 5.78 Å². The Balaban J connectivity index is 1.82. The third-order valence-corrected chi connectivity index (χ3v) is 5.58. The van der Waals surface area contributed by atoms with Gasteiger partial charge in [0.05, 0.1) is 6.26 Å². The lowest BCUT2D eigenvalue weighted by Gasteiger charge is -2.32.